The Kier molecular flexibility index (Phi) is 6.88. The predicted octanol–water partition coefficient (Wildman–Crippen LogP) is 1.95. The van der Waals surface area contributed by atoms with Gasteiger partial charge in [0.2, 0.25) is 0 Å². The summed E-state index contributed by atoms with van der Waals surface area (Å²) in [5, 5.41) is 33.0. The molecule has 0 aliphatic carbocycles. The van der Waals surface area contributed by atoms with Crippen LogP contribution in [0.2, 0.25) is 5.02 Å². The number of nitrogens with one attached hydrogen (secondary N) is 1. The Morgan fingerprint density at radius 3 is 2.62 bits per heavy atom. The number of pyridine rings is 1. The molecule has 0 radical (unpaired) electrons. The number of halogens is 1. The Morgan fingerprint density at radius 1 is 1.46 bits per heavy atom. The summed E-state index contributed by atoms with van der Waals surface area (Å²) in [6.45, 7) is 5.17. The number of hydrogen-bond acceptors (Lipinski definition) is 7. The molecule has 1 rings (SSSR count). The SMILES string of the molecule is CC(C)(C)OC(=O)NCCC(O)C(O)c1cncc([N+](=O)[O-])c1Cl. The van der Waals surface area contributed by atoms with Crippen LogP contribution in [0.5, 0.6) is 0 Å². The monoisotopic (exact) mass is 361 g/mol. The van der Waals surface area contributed by atoms with E-state index in [9.17, 15) is 25.1 Å². The van der Waals surface area contributed by atoms with Crippen LogP contribution in [0.4, 0.5) is 10.5 Å². The van der Waals surface area contributed by atoms with Crippen LogP contribution in [0, 0.1) is 10.1 Å². The van der Waals surface area contributed by atoms with Gasteiger partial charge in [0.15, 0.2) is 0 Å². The number of nitro groups is 1. The van der Waals surface area contributed by atoms with Crippen LogP contribution >= 0.6 is 11.6 Å². The highest BCUT2D eigenvalue weighted by atomic mass is 35.5. The van der Waals surface area contributed by atoms with Gasteiger partial charge in [0.25, 0.3) is 0 Å². The van der Waals surface area contributed by atoms with Crippen molar-refractivity contribution in [1.29, 1.82) is 0 Å². The highest BCUT2D eigenvalue weighted by molar-refractivity contribution is 6.33. The Labute approximate surface area is 143 Å². The lowest BCUT2D eigenvalue weighted by Crippen LogP contribution is -2.34. The van der Waals surface area contributed by atoms with E-state index in [1.54, 1.807) is 20.8 Å². The molecule has 9 nitrogen and oxygen atoms in total. The van der Waals surface area contributed by atoms with E-state index in [0.717, 1.165) is 12.4 Å². The summed E-state index contributed by atoms with van der Waals surface area (Å²) in [6.07, 6.45) is -1.36. The molecule has 1 heterocycles. The summed E-state index contributed by atoms with van der Waals surface area (Å²) in [5.41, 5.74) is -1.17. The number of aliphatic hydroxyl groups is 2. The van der Waals surface area contributed by atoms with Gasteiger partial charge in [-0.1, -0.05) is 11.6 Å². The zero-order valence-corrected chi connectivity index (χ0v) is 14.3. The van der Waals surface area contributed by atoms with Gasteiger partial charge < -0.3 is 20.3 Å². The molecule has 0 saturated heterocycles. The van der Waals surface area contributed by atoms with Crippen LogP contribution in [0.15, 0.2) is 12.4 Å². The zero-order valence-electron chi connectivity index (χ0n) is 13.5. The zero-order chi connectivity index (χ0) is 18.5. The van der Waals surface area contributed by atoms with E-state index in [-0.39, 0.29) is 23.6 Å². The second-order valence-corrected chi connectivity index (χ2v) is 6.43. The van der Waals surface area contributed by atoms with E-state index in [4.69, 9.17) is 16.3 Å². The molecule has 0 bridgehead atoms. The van der Waals surface area contributed by atoms with Gasteiger partial charge in [-0.05, 0) is 27.2 Å². The molecule has 0 aliphatic rings. The van der Waals surface area contributed by atoms with E-state index < -0.39 is 34.5 Å². The lowest BCUT2D eigenvalue weighted by Gasteiger charge is -2.21. The number of carbonyl (C=O) groups excluding carboxylic acids is 1. The molecule has 0 fully saturated rings. The lowest BCUT2D eigenvalue weighted by atomic mass is 10.0. The number of nitrogens with zero attached hydrogens (tertiary/aromatic N) is 2. The number of ether oxygens (including phenoxy) is 1. The fourth-order valence-electron chi connectivity index (χ4n) is 1.78. The maximum Gasteiger partial charge on any atom is 0.407 e. The molecule has 3 N–H and O–H groups in total. The molecule has 10 heteroatoms. The summed E-state index contributed by atoms with van der Waals surface area (Å²) in [4.78, 5) is 25.2. The van der Waals surface area contributed by atoms with Crippen molar-refractivity contribution in [3.8, 4) is 0 Å². The number of rotatable bonds is 6. The first-order valence-corrected chi connectivity index (χ1v) is 7.51. The van der Waals surface area contributed by atoms with Crippen molar-refractivity contribution in [1.82, 2.24) is 10.3 Å². The normalized spacial score (nSPS) is 13.9. The number of amides is 1. The molecule has 0 aliphatic heterocycles. The molecule has 1 amide bonds. The topological polar surface area (TPSA) is 135 Å². The molecule has 1 aromatic rings. The lowest BCUT2D eigenvalue weighted by molar-refractivity contribution is -0.385. The number of aliphatic hydroxyl groups excluding tert-OH is 2. The van der Waals surface area contributed by atoms with Crippen molar-refractivity contribution in [2.24, 2.45) is 0 Å². The van der Waals surface area contributed by atoms with E-state index in [1.165, 1.54) is 0 Å². The highest BCUT2D eigenvalue weighted by Gasteiger charge is 2.26. The van der Waals surface area contributed by atoms with Crippen molar-refractivity contribution in [3.63, 3.8) is 0 Å². The van der Waals surface area contributed by atoms with Crippen LogP contribution < -0.4 is 5.32 Å². The maximum absolute atomic E-state index is 11.5. The van der Waals surface area contributed by atoms with Gasteiger partial charge in [0.1, 0.15) is 22.9 Å². The summed E-state index contributed by atoms with van der Waals surface area (Å²) in [7, 11) is 0. The van der Waals surface area contributed by atoms with Crippen molar-refractivity contribution >= 4 is 23.4 Å². The van der Waals surface area contributed by atoms with E-state index in [2.05, 4.69) is 10.3 Å². The molecule has 2 unspecified atom stereocenters. The molecule has 2 atom stereocenters. The Morgan fingerprint density at radius 2 is 2.08 bits per heavy atom. The summed E-state index contributed by atoms with van der Waals surface area (Å²) < 4.78 is 5.03. The molecule has 1 aromatic heterocycles. The first-order chi connectivity index (χ1) is 11.0. The largest absolute Gasteiger partial charge is 0.444 e. The molecule has 0 spiro atoms. The van der Waals surface area contributed by atoms with Gasteiger partial charge in [0, 0.05) is 18.3 Å². The maximum atomic E-state index is 11.5. The van der Waals surface area contributed by atoms with Gasteiger partial charge in [-0.2, -0.15) is 0 Å². The van der Waals surface area contributed by atoms with Crippen LogP contribution in [0.1, 0.15) is 38.9 Å². The minimum atomic E-state index is -1.48. The quantitative estimate of drug-likeness (QED) is 0.520. The minimum Gasteiger partial charge on any atom is -0.444 e. The first-order valence-electron chi connectivity index (χ1n) is 7.13. The third-order valence-corrected chi connectivity index (χ3v) is 3.29. The van der Waals surface area contributed by atoms with Crippen molar-refractivity contribution in [2.45, 2.75) is 45.0 Å². The first kappa shape index (κ1) is 20.1. The number of alkyl carbamates (subject to hydrolysis) is 1. The molecular weight excluding hydrogens is 342 g/mol. The average Bonchev–Trinajstić information content (AvgIpc) is 2.44. The molecule has 24 heavy (non-hydrogen) atoms. The van der Waals surface area contributed by atoms with Gasteiger partial charge in [-0.3, -0.25) is 15.1 Å². The molecular formula is C14H20ClN3O6. The third-order valence-electron chi connectivity index (χ3n) is 2.88. The second kappa shape index (κ2) is 8.22. The number of hydrogen-bond donors (Lipinski definition) is 3. The average molecular weight is 362 g/mol. The molecule has 134 valence electrons. The van der Waals surface area contributed by atoms with Crippen molar-refractivity contribution in [3.05, 3.63) is 33.1 Å². The summed E-state index contributed by atoms with van der Waals surface area (Å²) in [6, 6.07) is 0. The van der Waals surface area contributed by atoms with Gasteiger partial charge in [-0.25, -0.2) is 4.79 Å². The van der Waals surface area contributed by atoms with Crippen LogP contribution in [-0.4, -0.2) is 44.5 Å². The van der Waals surface area contributed by atoms with Crippen molar-refractivity contribution < 1.29 is 24.7 Å². The highest BCUT2D eigenvalue weighted by Crippen LogP contribution is 2.32. The van der Waals surface area contributed by atoms with Gasteiger partial charge in [-0.15, -0.1) is 0 Å². The van der Waals surface area contributed by atoms with E-state index in [0.29, 0.717) is 0 Å². The Bertz CT molecular complexity index is 605. The van der Waals surface area contributed by atoms with Crippen LogP contribution in [0.3, 0.4) is 0 Å². The summed E-state index contributed by atoms with van der Waals surface area (Å²) in [5.74, 6) is 0. The smallest absolute Gasteiger partial charge is 0.407 e. The minimum absolute atomic E-state index is 0.0145. The summed E-state index contributed by atoms with van der Waals surface area (Å²) >= 11 is 5.86. The Balaban J connectivity index is 2.63. The number of aromatic nitrogens is 1. The van der Waals surface area contributed by atoms with E-state index in [1.807, 2.05) is 0 Å². The van der Waals surface area contributed by atoms with Crippen molar-refractivity contribution in [2.75, 3.05) is 6.54 Å². The van der Waals surface area contributed by atoms with E-state index >= 15 is 0 Å². The molecule has 0 aromatic carbocycles. The van der Waals surface area contributed by atoms with Crippen LogP contribution in [0.25, 0.3) is 0 Å². The fraction of sp³-hybridized carbons (Fsp3) is 0.571. The molecule has 0 saturated carbocycles. The van der Waals surface area contributed by atoms with Gasteiger partial charge >= 0.3 is 11.8 Å². The standard InChI is InChI=1S/C14H20ClN3O6/c1-14(2,3)24-13(21)17-5-4-10(19)12(20)8-6-16-7-9(11(8)15)18(22)23/h6-7,10,12,19-20H,4-5H2,1-3H3,(H,17,21). The Hall–Kier alpha value is -1.97. The second-order valence-electron chi connectivity index (χ2n) is 6.05. The number of carbonyl (C=O) groups is 1. The third kappa shape index (κ3) is 5.91. The van der Waals surface area contributed by atoms with Crippen LogP contribution in [-0.2, 0) is 4.74 Å². The predicted molar refractivity (Wildman–Crippen MR) is 85.7 cm³/mol. The van der Waals surface area contributed by atoms with Gasteiger partial charge in [0.05, 0.1) is 11.0 Å². The fourth-order valence-corrected chi connectivity index (χ4v) is 2.06.